The molecule has 2 N–H and O–H groups in total. The summed E-state index contributed by atoms with van der Waals surface area (Å²) in [7, 11) is 1.64. The number of rotatable bonds is 5. The van der Waals surface area contributed by atoms with Crippen molar-refractivity contribution >= 4 is 5.96 Å². The van der Waals surface area contributed by atoms with Gasteiger partial charge in [0.2, 0.25) is 0 Å². The molecule has 116 valence electrons. The zero-order valence-electron chi connectivity index (χ0n) is 12.3. The van der Waals surface area contributed by atoms with Crippen molar-refractivity contribution in [3.05, 3.63) is 65.5 Å². The Morgan fingerprint density at radius 3 is 2.50 bits per heavy atom. The molecule has 22 heavy (non-hydrogen) atoms. The van der Waals surface area contributed by atoms with Crippen LogP contribution in [0.1, 0.15) is 11.3 Å². The Bertz CT molecular complexity index is 609. The van der Waals surface area contributed by atoms with E-state index in [0.717, 1.165) is 5.69 Å². The number of nitrogens with one attached hydrogen (secondary N) is 2. The summed E-state index contributed by atoms with van der Waals surface area (Å²) in [4.78, 5) is 8.25. The molecule has 0 aliphatic heterocycles. The summed E-state index contributed by atoms with van der Waals surface area (Å²) < 4.78 is 27.0. The standard InChI is InChI=1S/C16H18F2N4/c1-19-16(22-11-12-5-2-3-9-20-12)21-10-8-13-14(17)6-4-7-15(13)18/h2-7,9H,8,10-11H2,1H3,(H2,19,21,22). The lowest BCUT2D eigenvalue weighted by Crippen LogP contribution is -2.38. The number of aromatic nitrogens is 1. The van der Waals surface area contributed by atoms with Crippen LogP contribution in [-0.4, -0.2) is 24.5 Å². The highest BCUT2D eigenvalue weighted by atomic mass is 19.1. The maximum Gasteiger partial charge on any atom is 0.191 e. The second kappa shape index (κ2) is 8.07. The van der Waals surface area contributed by atoms with Gasteiger partial charge in [-0.25, -0.2) is 8.78 Å². The predicted molar refractivity (Wildman–Crippen MR) is 82.5 cm³/mol. The summed E-state index contributed by atoms with van der Waals surface area (Å²) in [5.74, 6) is -0.501. The molecule has 0 aliphatic rings. The maximum atomic E-state index is 13.5. The number of guanidine groups is 1. The number of hydrogen-bond donors (Lipinski definition) is 2. The van der Waals surface area contributed by atoms with E-state index in [4.69, 9.17) is 0 Å². The van der Waals surface area contributed by atoms with E-state index in [1.54, 1.807) is 13.2 Å². The third-order valence-corrected chi connectivity index (χ3v) is 3.12. The highest BCUT2D eigenvalue weighted by molar-refractivity contribution is 5.79. The van der Waals surface area contributed by atoms with Gasteiger partial charge in [-0.1, -0.05) is 12.1 Å². The monoisotopic (exact) mass is 304 g/mol. The molecule has 0 aliphatic carbocycles. The van der Waals surface area contributed by atoms with Crippen molar-refractivity contribution in [3.63, 3.8) is 0 Å². The van der Waals surface area contributed by atoms with E-state index in [2.05, 4.69) is 20.6 Å². The summed E-state index contributed by atoms with van der Waals surface area (Å²) in [5.41, 5.74) is 0.959. The van der Waals surface area contributed by atoms with Crippen molar-refractivity contribution in [2.45, 2.75) is 13.0 Å². The van der Waals surface area contributed by atoms with Crippen molar-refractivity contribution in [2.75, 3.05) is 13.6 Å². The largest absolute Gasteiger partial charge is 0.356 e. The SMILES string of the molecule is CN=C(NCCc1c(F)cccc1F)NCc1ccccn1. The maximum absolute atomic E-state index is 13.5. The molecule has 0 saturated heterocycles. The zero-order chi connectivity index (χ0) is 15.8. The first-order valence-corrected chi connectivity index (χ1v) is 6.98. The van der Waals surface area contributed by atoms with E-state index in [-0.39, 0.29) is 12.0 Å². The number of hydrogen-bond acceptors (Lipinski definition) is 2. The minimum atomic E-state index is -0.529. The van der Waals surface area contributed by atoms with Gasteiger partial charge in [-0.15, -0.1) is 0 Å². The van der Waals surface area contributed by atoms with E-state index in [1.165, 1.54) is 18.2 Å². The first kappa shape index (κ1) is 15.9. The Morgan fingerprint density at radius 1 is 1.09 bits per heavy atom. The van der Waals surface area contributed by atoms with Crippen LogP contribution in [0.5, 0.6) is 0 Å². The topological polar surface area (TPSA) is 49.3 Å². The molecule has 0 unspecified atom stereocenters. The fraction of sp³-hybridized carbons (Fsp3) is 0.250. The molecule has 1 heterocycles. The number of aliphatic imine (C=N–C) groups is 1. The molecule has 4 nitrogen and oxygen atoms in total. The highest BCUT2D eigenvalue weighted by Crippen LogP contribution is 2.11. The van der Waals surface area contributed by atoms with E-state index < -0.39 is 11.6 Å². The van der Waals surface area contributed by atoms with Crippen molar-refractivity contribution in [3.8, 4) is 0 Å². The zero-order valence-corrected chi connectivity index (χ0v) is 12.3. The molecule has 0 saturated carbocycles. The molecule has 0 amide bonds. The van der Waals surface area contributed by atoms with Crippen molar-refractivity contribution < 1.29 is 8.78 Å². The van der Waals surface area contributed by atoms with Crippen molar-refractivity contribution in [1.29, 1.82) is 0 Å². The van der Waals surface area contributed by atoms with Crippen LogP contribution >= 0.6 is 0 Å². The molecule has 0 radical (unpaired) electrons. The summed E-state index contributed by atoms with van der Waals surface area (Å²) in [6.45, 7) is 0.897. The van der Waals surface area contributed by atoms with Gasteiger partial charge in [0.25, 0.3) is 0 Å². The first-order chi connectivity index (χ1) is 10.7. The third kappa shape index (κ3) is 4.51. The fourth-order valence-electron chi connectivity index (χ4n) is 1.97. The fourth-order valence-corrected chi connectivity index (χ4v) is 1.97. The number of benzene rings is 1. The minimum Gasteiger partial charge on any atom is -0.356 e. The van der Waals surface area contributed by atoms with E-state index >= 15 is 0 Å². The molecule has 2 aromatic rings. The Hall–Kier alpha value is -2.50. The lowest BCUT2D eigenvalue weighted by Gasteiger charge is -2.12. The molecule has 0 bridgehead atoms. The smallest absolute Gasteiger partial charge is 0.191 e. The van der Waals surface area contributed by atoms with Gasteiger partial charge >= 0.3 is 0 Å². The lowest BCUT2D eigenvalue weighted by molar-refractivity contribution is 0.553. The molecular weight excluding hydrogens is 286 g/mol. The normalized spacial score (nSPS) is 11.3. The van der Waals surface area contributed by atoms with E-state index in [9.17, 15) is 8.78 Å². The summed E-state index contributed by atoms with van der Waals surface area (Å²) >= 11 is 0. The molecule has 1 aromatic heterocycles. The van der Waals surface area contributed by atoms with Crippen LogP contribution in [0.4, 0.5) is 8.78 Å². The first-order valence-electron chi connectivity index (χ1n) is 6.98. The molecule has 0 fully saturated rings. The van der Waals surface area contributed by atoms with Crippen LogP contribution in [0.15, 0.2) is 47.6 Å². The van der Waals surface area contributed by atoms with Gasteiger partial charge in [-0.3, -0.25) is 9.98 Å². The van der Waals surface area contributed by atoms with Crippen LogP contribution in [-0.2, 0) is 13.0 Å². The highest BCUT2D eigenvalue weighted by Gasteiger charge is 2.08. The Labute approximate surface area is 128 Å². The average molecular weight is 304 g/mol. The number of pyridine rings is 1. The number of nitrogens with zero attached hydrogens (tertiary/aromatic N) is 2. The summed E-state index contributed by atoms with van der Waals surface area (Å²) in [6.07, 6.45) is 1.96. The molecule has 0 atom stereocenters. The molecule has 6 heteroatoms. The van der Waals surface area contributed by atoms with Gasteiger partial charge < -0.3 is 10.6 Å². The predicted octanol–water partition coefficient (Wildman–Crippen LogP) is 2.27. The van der Waals surface area contributed by atoms with Crippen LogP contribution < -0.4 is 10.6 Å². The van der Waals surface area contributed by atoms with Gasteiger partial charge in [-0.05, 0) is 30.7 Å². The third-order valence-electron chi connectivity index (χ3n) is 3.12. The Balaban J connectivity index is 1.82. The van der Waals surface area contributed by atoms with E-state index in [0.29, 0.717) is 19.0 Å². The van der Waals surface area contributed by atoms with E-state index in [1.807, 2.05) is 18.2 Å². The lowest BCUT2D eigenvalue weighted by atomic mass is 10.1. The van der Waals surface area contributed by atoms with Crippen LogP contribution in [0.3, 0.4) is 0 Å². The molecule has 1 aromatic carbocycles. The van der Waals surface area contributed by atoms with Crippen molar-refractivity contribution in [2.24, 2.45) is 4.99 Å². The van der Waals surface area contributed by atoms with Crippen LogP contribution in [0.2, 0.25) is 0 Å². The van der Waals surface area contributed by atoms with Gasteiger partial charge in [0.1, 0.15) is 11.6 Å². The number of halogens is 2. The Kier molecular flexibility index (Phi) is 5.82. The van der Waals surface area contributed by atoms with Crippen molar-refractivity contribution in [1.82, 2.24) is 15.6 Å². The van der Waals surface area contributed by atoms with Crippen LogP contribution in [0, 0.1) is 11.6 Å². The van der Waals surface area contributed by atoms with Gasteiger partial charge in [0.05, 0.1) is 12.2 Å². The minimum absolute atomic E-state index is 0.0789. The summed E-state index contributed by atoms with van der Waals surface area (Å²) in [5, 5.41) is 6.11. The van der Waals surface area contributed by atoms with Gasteiger partial charge in [-0.2, -0.15) is 0 Å². The average Bonchev–Trinajstić information content (AvgIpc) is 2.54. The second-order valence-corrected chi connectivity index (χ2v) is 4.62. The molecular formula is C16H18F2N4. The molecule has 2 rings (SSSR count). The Morgan fingerprint density at radius 2 is 1.86 bits per heavy atom. The molecule has 0 spiro atoms. The summed E-state index contributed by atoms with van der Waals surface area (Å²) in [6, 6.07) is 9.52. The van der Waals surface area contributed by atoms with Gasteiger partial charge in [0, 0.05) is 25.4 Å². The second-order valence-electron chi connectivity index (χ2n) is 4.62. The van der Waals surface area contributed by atoms with Crippen LogP contribution in [0.25, 0.3) is 0 Å². The quantitative estimate of drug-likeness (QED) is 0.658. The van der Waals surface area contributed by atoms with Gasteiger partial charge in [0.15, 0.2) is 5.96 Å².